The number of morpholine rings is 1. The molecule has 0 bridgehead atoms. The summed E-state index contributed by atoms with van der Waals surface area (Å²) in [5, 5.41) is 2.71. The van der Waals surface area contributed by atoms with Crippen molar-refractivity contribution in [1.82, 2.24) is 5.32 Å². The molecule has 0 atom stereocenters. The number of hydrogen-bond donors (Lipinski definition) is 1. The molecule has 1 fully saturated rings. The normalized spacial score (nSPS) is 14.1. The van der Waals surface area contributed by atoms with Gasteiger partial charge >= 0.3 is 0 Å². The Labute approximate surface area is 154 Å². The standard InChI is InChI=1S/C21H24N2O3/c1-16-3-2-4-17(13-16)14-21(25)22-15-20(24)18-5-7-19(8-6-18)23-9-11-26-12-10-23/h2-8,13H,9-12,14-15H2,1H3,(H,22,25). The predicted molar refractivity (Wildman–Crippen MR) is 102 cm³/mol. The maximum Gasteiger partial charge on any atom is 0.224 e. The minimum atomic E-state index is -0.145. The number of anilines is 1. The van der Waals surface area contributed by atoms with Gasteiger partial charge in [-0.1, -0.05) is 29.8 Å². The second-order valence-electron chi connectivity index (χ2n) is 6.51. The summed E-state index contributed by atoms with van der Waals surface area (Å²) >= 11 is 0. The minimum Gasteiger partial charge on any atom is -0.378 e. The van der Waals surface area contributed by atoms with Gasteiger partial charge in [-0.3, -0.25) is 9.59 Å². The summed E-state index contributed by atoms with van der Waals surface area (Å²) in [6.45, 7) is 5.19. The lowest BCUT2D eigenvalue weighted by atomic mass is 10.1. The van der Waals surface area contributed by atoms with Crippen molar-refractivity contribution in [1.29, 1.82) is 0 Å². The van der Waals surface area contributed by atoms with Crippen LogP contribution in [0.5, 0.6) is 0 Å². The summed E-state index contributed by atoms with van der Waals surface area (Å²) in [4.78, 5) is 26.6. The number of ether oxygens (including phenoxy) is 1. The molecule has 5 nitrogen and oxygen atoms in total. The Morgan fingerprint density at radius 2 is 1.81 bits per heavy atom. The van der Waals surface area contributed by atoms with E-state index in [2.05, 4.69) is 10.2 Å². The third kappa shape index (κ3) is 4.92. The molecular weight excluding hydrogens is 328 g/mol. The lowest BCUT2D eigenvalue weighted by Crippen LogP contribution is -2.36. The lowest BCUT2D eigenvalue weighted by Gasteiger charge is -2.28. The third-order valence-corrected chi connectivity index (χ3v) is 4.46. The van der Waals surface area contributed by atoms with Crippen molar-refractivity contribution in [3.8, 4) is 0 Å². The molecule has 1 heterocycles. The quantitative estimate of drug-likeness (QED) is 0.811. The molecule has 0 aromatic heterocycles. The molecule has 2 aromatic rings. The van der Waals surface area contributed by atoms with Gasteiger partial charge in [0.15, 0.2) is 5.78 Å². The molecule has 3 rings (SSSR count). The Bertz CT molecular complexity index is 765. The Balaban J connectivity index is 1.50. The second kappa shape index (κ2) is 8.63. The van der Waals surface area contributed by atoms with Crippen LogP contribution in [0.15, 0.2) is 48.5 Å². The summed E-state index contributed by atoms with van der Waals surface area (Å²) in [5.41, 5.74) is 3.77. The van der Waals surface area contributed by atoms with Crippen molar-refractivity contribution in [2.75, 3.05) is 37.7 Å². The van der Waals surface area contributed by atoms with Crippen molar-refractivity contribution < 1.29 is 14.3 Å². The summed E-state index contributed by atoms with van der Waals surface area (Å²) in [6, 6.07) is 15.4. The van der Waals surface area contributed by atoms with Crippen LogP contribution in [0.2, 0.25) is 0 Å². The number of benzene rings is 2. The smallest absolute Gasteiger partial charge is 0.224 e. The topological polar surface area (TPSA) is 58.6 Å². The van der Waals surface area contributed by atoms with Crippen molar-refractivity contribution in [2.24, 2.45) is 0 Å². The molecule has 136 valence electrons. The van der Waals surface area contributed by atoms with Crippen molar-refractivity contribution in [3.63, 3.8) is 0 Å². The number of amides is 1. The van der Waals surface area contributed by atoms with E-state index in [1.807, 2.05) is 55.5 Å². The van der Waals surface area contributed by atoms with Gasteiger partial charge in [0, 0.05) is 24.3 Å². The fraction of sp³-hybridized carbons (Fsp3) is 0.333. The van der Waals surface area contributed by atoms with E-state index >= 15 is 0 Å². The van der Waals surface area contributed by atoms with E-state index in [0.29, 0.717) is 5.56 Å². The zero-order valence-electron chi connectivity index (χ0n) is 15.0. The van der Waals surface area contributed by atoms with Gasteiger partial charge in [0.1, 0.15) is 0 Å². The number of nitrogens with zero attached hydrogens (tertiary/aromatic N) is 1. The molecule has 1 aliphatic rings. The highest BCUT2D eigenvalue weighted by molar-refractivity contribution is 5.99. The van der Waals surface area contributed by atoms with Crippen LogP contribution in [0, 0.1) is 6.92 Å². The number of Topliss-reactive ketones (excluding diaryl/α,β-unsaturated/α-hetero) is 1. The van der Waals surface area contributed by atoms with Gasteiger partial charge in [-0.05, 0) is 36.8 Å². The van der Waals surface area contributed by atoms with E-state index < -0.39 is 0 Å². The number of rotatable bonds is 6. The first-order valence-corrected chi connectivity index (χ1v) is 8.90. The van der Waals surface area contributed by atoms with E-state index in [4.69, 9.17) is 4.74 Å². The predicted octanol–water partition coefficient (Wildman–Crippen LogP) is 2.37. The van der Waals surface area contributed by atoms with Crippen LogP contribution in [0.1, 0.15) is 21.5 Å². The minimum absolute atomic E-state index is 0.0154. The van der Waals surface area contributed by atoms with Gasteiger partial charge in [-0.25, -0.2) is 0 Å². The van der Waals surface area contributed by atoms with Gasteiger partial charge in [0.2, 0.25) is 5.91 Å². The average Bonchev–Trinajstić information content (AvgIpc) is 2.67. The first-order valence-electron chi connectivity index (χ1n) is 8.90. The van der Waals surface area contributed by atoms with Crippen molar-refractivity contribution in [2.45, 2.75) is 13.3 Å². The lowest BCUT2D eigenvalue weighted by molar-refractivity contribution is -0.120. The maximum atomic E-state index is 12.3. The highest BCUT2D eigenvalue weighted by atomic mass is 16.5. The molecule has 0 radical (unpaired) electrons. The van der Waals surface area contributed by atoms with E-state index in [1.54, 1.807) is 0 Å². The molecule has 26 heavy (non-hydrogen) atoms. The van der Waals surface area contributed by atoms with Gasteiger partial charge in [0.05, 0.1) is 26.2 Å². The van der Waals surface area contributed by atoms with E-state index in [0.717, 1.165) is 43.1 Å². The van der Waals surface area contributed by atoms with Gasteiger partial charge < -0.3 is 15.0 Å². The molecular formula is C21H24N2O3. The largest absolute Gasteiger partial charge is 0.378 e. The van der Waals surface area contributed by atoms with Crippen molar-refractivity contribution >= 4 is 17.4 Å². The average molecular weight is 352 g/mol. The molecule has 0 saturated carbocycles. The van der Waals surface area contributed by atoms with Gasteiger partial charge in [0.25, 0.3) is 0 Å². The maximum absolute atomic E-state index is 12.3. The molecule has 5 heteroatoms. The van der Waals surface area contributed by atoms with Crippen LogP contribution >= 0.6 is 0 Å². The molecule has 0 spiro atoms. The van der Waals surface area contributed by atoms with Crippen LogP contribution < -0.4 is 10.2 Å². The molecule has 1 saturated heterocycles. The number of hydrogen-bond acceptors (Lipinski definition) is 4. The fourth-order valence-corrected chi connectivity index (χ4v) is 3.03. The summed E-state index contributed by atoms with van der Waals surface area (Å²) in [5.74, 6) is -0.231. The first kappa shape index (κ1) is 18.1. The number of carbonyl (C=O) groups excluding carboxylic acids is 2. The summed E-state index contributed by atoms with van der Waals surface area (Å²) in [7, 11) is 0. The number of carbonyl (C=O) groups is 2. The van der Waals surface area contributed by atoms with E-state index in [1.165, 1.54) is 0 Å². The number of aryl methyl sites for hydroxylation is 1. The van der Waals surface area contributed by atoms with E-state index in [9.17, 15) is 9.59 Å². The molecule has 1 aliphatic heterocycles. The highest BCUT2D eigenvalue weighted by Crippen LogP contribution is 2.16. The fourth-order valence-electron chi connectivity index (χ4n) is 3.03. The first-order chi connectivity index (χ1) is 12.6. The molecule has 1 amide bonds. The van der Waals surface area contributed by atoms with Crippen molar-refractivity contribution in [3.05, 3.63) is 65.2 Å². The van der Waals surface area contributed by atoms with Crippen LogP contribution in [-0.2, 0) is 16.0 Å². The summed E-state index contributed by atoms with van der Waals surface area (Å²) < 4.78 is 5.35. The second-order valence-corrected chi connectivity index (χ2v) is 6.51. The molecule has 2 aromatic carbocycles. The SMILES string of the molecule is Cc1cccc(CC(=O)NCC(=O)c2ccc(N3CCOCC3)cc2)c1. The highest BCUT2D eigenvalue weighted by Gasteiger charge is 2.13. The van der Waals surface area contributed by atoms with Gasteiger partial charge in [-0.2, -0.15) is 0 Å². The Morgan fingerprint density at radius 3 is 2.50 bits per heavy atom. The monoisotopic (exact) mass is 352 g/mol. The molecule has 0 unspecified atom stereocenters. The van der Waals surface area contributed by atoms with Crippen LogP contribution in [-0.4, -0.2) is 44.5 Å². The molecule has 0 aliphatic carbocycles. The van der Waals surface area contributed by atoms with Crippen LogP contribution in [0.4, 0.5) is 5.69 Å². The van der Waals surface area contributed by atoms with Crippen LogP contribution in [0.25, 0.3) is 0 Å². The Morgan fingerprint density at radius 1 is 1.08 bits per heavy atom. The van der Waals surface area contributed by atoms with E-state index in [-0.39, 0.29) is 24.7 Å². The Hall–Kier alpha value is -2.66. The summed E-state index contributed by atoms with van der Waals surface area (Å²) in [6.07, 6.45) is 0.283. The molecule has 1 N–H and O–H groups in total. The third-order valence-electron chi connectivity index (χ3n) is 4.46. The van der Waals surface area contributed by atoms with Crippen LogP contribution in [0.3, 0.4) is 0 Å². The number of nitrogens with one attached hydrogen (secondary N) is 1. The Kier molecular flexibility index (Phi) is 6.02. The van der Waals surface area contributed by atoms with Gasteiger partial charge in [-0.15, -0.1) is 0 Å². The zero-order chi connectivity index (χ0) is 18.4. The number of ketones is 1. The zero-order valence-corrected chi connectivity index (χ0v) is 15.0.